The van der Waals surface area contributed by atoms with E-state index in [2.05, 4.69) is 22.3 Å². The van der Waals surface area contributed by atoms with Crippen LogP contribution in [0.15, 0.2) is 39.0 Å². The van der Waals surface area contributed by atoms with Gasteiger partial charge in [0, 0.05) is 16.3 Å². The molecule has 0 fully saturated rings. The highest BCUT2D eigenvalue weighted by atomic mass is 35.5. The Balaban J connectivity index is 2.55. The van der Waals surface area contributed by atoms with Crippen LogP contribution in [0, 0.1) is 0 Å². The Hall–Kier alpha value is -1.79. The van der Waals surface area contributed by atoms with Crippen LogP contribution in [0.1, 0.15) is 23.1 Å². The summed E-state index contributed by atoms with van der Waals surface area (Å²) in [5.74, 6) is -1.31. The van der Waals surface area contributed by atoms with Crippen LogP contribution in [0.2, 0.25) is 5.02 Å². The van der Waals surface area contributed by atoms with Gasteiger partial charge in [-0.25, -0.2) is 9.36 Å². The van der Waals surface area contributed by atoms with E-state index in [0.717, 1.165) is 4.57 Å². The minimum atomic E-state index is -0.742. The fourth-order valence-corrected chi connectivity index (χ4v) is 1.83. The molecule has 0 N–H and O–H groups in total. The highest BCUT2D eigenvalue weighted by molar-refractivity contribution is 7.83. The SMILES string of the molecule is C/C(=C/S)n1c(C(=O)c2cccc(Cl)c2)noc1=O. The molecule has 98 valence electrons. The monoisotopic (exact) mass is 296 g/mol. The zero-order valence-corrected chi connectivity index (χ0v) is 11.5. The fraction of sp³-hybridized carbons (Fsp3) is 0.0833. The second-order valence-electron chi connectivity index (χ2n) is 3.72. The van der Waals surface area contributed by atoms with Gasteiger partial charge < -0.3 is 0 Å². The fourth-order valence-electron chi connectivity index (χ4n) is 1.52. The number of hydrogen-bond acceptors (Lipinski definition) is 5. The third-order valence-corrected chi connectivity index (χ3v) is 3.04. The predicted molar refractivity (Wildman–Crippen MR) is 74.6 cm³/mol. The van der Waals surface area contributed by atoms with Crippen molar-refractivity contribution in [3.63, 3.8) is 0 Å². The number of hydrogen-bond donors (Lipinski definition) is 1. The van der Waals surface area contributed by atoms with Gasteiger partial charge >= 0.3 is 5.76 Å². The molecular weight excluding hydrogens is 288 g/mol. The molecule has 0 aliphatic rings. The molecule has 0 aliphatic heterocycles. The van der Waals surface area contributed by atoms with Gasteiger partial charge in [-0.3, -0.25) is 9.32 Å². The van der Waals surface area contributed by atoms with Crippen LogP contribution in [-0.4, -0.2) is 15.5 Å². The predicted octanol–water partition coefficient (Wildman–Crippen LogP) is 2.47. The van der Waals surface area contributed by atoms with Crippen molar-refractivity contribution >= 4 is 35.7 Å². The molecule has 0 aliphatic carbocycles. The highest BCUT2D eigenvalue weighted by Gasteiger charge is 2.21. The zero-order valence-electron chi connectivity index (χ0n) is 9.83. The summed E-state index contributed by atoms with van der Waals surface area (Å²) in [6, 6.07) is 6.36. The molecule has 0 bridgehead atoms. The van der Waals surface area contributed by atoms with Gasteiger partial charge in [0.05, 0.1) is 0 Å². The van der Waals surface area contributed by atoms with Gasteiger partial charge in [0.25, 0.3) is 0 Å². The lowest BCUT2D eigenvalue weighted by Gasteiger charge is -2.03. The summed E-state index contributed by atoms with van der Waals surface area (Å²) in [6.45, 7) is 1.61. The Morgan fingerprint density at radius 2 is 2.26 bits per heavy atom. The summed E-state index contributed by atoms with van der Waals surface area (Å²) in [5, 5.41) is 5.30. The average molecular weight is 297 g/mol. The molecule has 0 saturated carbocycles. The van der Waals surface area contributed by atoms with Gasteiger partial charge in [-0.05, 0) is 24.5 Å². The molecule has 0 amide bonds. The Morgan fingerprint density at radius 3 is 2.89 bits per heavy atom. The number of thiol groups is 1. The molecule has 0 spiro atoms. The first-order valence-corrected chi connectivity index (χ1v) is 6.14. The Labute approximate surface area is 118 Å². The summed E-state index contributed by atoms with van der Waals surface area (Å²) in [5.41, 5.74) is 0.751. The second-order valence-corrected chi connectivity index (χ2v) is 4.41. The van der Waals surface area contributed by atoms with E-state index in [0.29, 0.717) is 16.3 Å². The number of aromatic nitrogens is 2. The van der Waals surface area contributed by atoms with Crippen LogP contribution < -0.4 is 5.76 Å². The molecule has 0 saturated heterocycles. The smallest absolute Gasteiger partial charge is 0.295 e. The van der Waals surface area contributed by atoms with Crippen molar-refractivity contribution in [1.29, 1.82) is 0 Å². The molecular formula is C12H9ClN2O3S. The number of carbonyl (C=O) groups excluding carboxylic acids is 1. The van der Waals surface area contributed by atoms with Crippen LogP contribution in [-0.2, 0) is 0 Å². The number of carbonyl (C=O) groups is 1. The van der Waals surface area contributed by atoms with Gasteiger partial charge in [-0.1, -0.05) is 28.9 Å². The van der Waals surface area contributed by atoms with E-state index in [9.17, 15) is 9.59 Å². The normalized spacial score (nSPS) is 11.6. The van der Waals surface area contributed by atoms with Crippen molar-refractivity contribution in [2.75, 3.05) is 0 Å². The van der Waals surface area contributed by atoms with Gasteiger partial charge in [0.15, 0.2) is 0 Å². The Morgan fingerprint density at radius 1 is 1.53 bits per heavy atom. The van der Waals surface area contributed by atoms with Crippen LogP contribution in [0.25, 0.3) is 5.70 Å². The van der Waals surface area contributed by atoms with Gasteiger partial charge in [0.2, 0.25) is 11.6 Å². The van der Waals surface area contributed by atoms with Crippen molar-refractivity contribution in [2.45, 2.75) is 6.92 Å². The molecule has 0 atom stereocenters. The van der Waals surface area contributed by atoms with E-state index in [1.807, 2.05) is 0 Å². The van der Waals surface area contributed by atoms with E-state index in [1.54, 1.807) is 25.1 Å². The number of ketones is 1. The second kappa shape index (κ2) is 5.46. The summed E-state index contributed by atoms with van der Waals surface area (Å²) >= 11 is 9.77. The molecule has 5 nitrogen and oxygen atoms in total. The first-order valence-electron chi connectivity index (χ1n) is 5.25. The molecule has 19 heavy (non-hydrogen) atoms. The number of benzene rings is 1. The molecule has 7 heteroatoms. The third kappa shape index (κ3) is 2.64. The number of halogens is 1. The molecule has 2 rings (SSSR count). The number of nitrogens with zero attached hydrogens (tertiary/aromatic N) is 2. The van der Waals surface area contributed by atoms with Crippen LogP contribution >= 0.6 is 24.2 Å². The van der Waals surface area contributed by atoms with E-state index in [-0.39, 0.29) is 5.82 Å². The molecule has 0 radical (unpaired) electrons. The lowest BCUT2D eigenvalue weighted by atomic mass is 10.1. The van der Waals surface area contributed by atoms with Crippen LogP contribution in [0.3, 0.4) is 0 Å². The Kier molecular flexibility index (Phi) is 3.92. The first kappa shape index (κ1) is 13.6. The number of allylic oxidation sites excluding steroid dienone is 1. The topological polar surface area (TPSA) is 65.1 Å². The van der Waals surface area contributed by atoms with Gasteiger partial charge in [-0.2, -0.15) is 0 Å². The van der Waals surface area contributed by atoms with E-state index in [4.69, 9.17) is 11.6 Å². The van der Waals surface area contributed by atoms with E-state index >= 15 is 0 Å². The third-order valence-electron chi connectivity index (χ3n) is 2.43. The number of rotatable bonds is 3. The average Bonchev–Trinajstić information content (AvgIpc) is 2.79. The van der Waals surface area contributed by atoms with E-state index in [1.165, 1.54) is 11.5 Å². The minimum Gasteiger partial charge on any atom is -0.295 e. The largest absolute Gasteiger partial charge is 0.446 e. The maximum atomic E-state index is 12.3. The Bertz CT molecular complexity index is 718. The van der Waals surface area contributed by atoms with Crippen molar-refractivity contribution in [3.05, 3.63) is 56.6 Å². The first-order chi connectivity index (χ1) is 9.04. The van der Waals surface area contributed by atoms with E-state index < -0.39 is 11.5 Å². The minimum absolute atomic E-state index is 0.116. The standard InChI is InChI=1S/C12H9ClN2O3S/c1-7(6-19)15-11(14-18-12(15)17)10(16)8-3-2-4-9(13)5-8/h2-6,19H,1H3/b7-6-. The molecule has 2 aromatic rings. The molecule has 1 aromatic heterocycles. The van der Waals surface area contributed by atoms with Gasteiger partial charge in [0.1, 0.15) is 0 Å². The van der Waals surface area contributed by atoms with Crippen LogP contribution in [0.4, 0.5) is 0 Å². The molecule has 1 aromatic carbocycles. The van der Waals surface area contributed by atoms with Crippen molar-refractivity contribution in [3.8, 4) is 0 Å². The summed E-state index contributed by atoms with van der Waals surface area (Å²) in [4.78, 5) is 23.8. The maximum absolute atomic E-state index is 12.3. The van der Waals surface area contributed by atoms with Crippen molar-refractivity contribution in [1.82, 2.24) is 9.72 Å². The summed E-state index contributed by atoms with van der Waals surface area (Å²) in [6.07, 6.45) is 0. The van der Waals surface area contributed by atoms with Gasteiger partial charge in [-0.15, -0.1) is 12.6 Å². The highest BCUT2D eigenvalue weighted by Crippen LogP contribution is 2.15. The van der Waals surface area contributed by atoms with Crippen molar-refractivity contribution in [2.24, 2.45) is 0 Å². The molecule has 1 heterocycles. The summed E-state index contributed by atoms with van der Waals surface area (Å²) < 4.78 is 5.57. The summed E-state index contributed by atoms with van der Waals surface area (Å²) in [7, 11) is 0. The van der Waals surface area contributed by atoms with Crippen LogP contribution in [0.5, 0.6) is 0 Å². The lowest BCUT2D eigenvalue weighted by molar-refractivity contribution is 0.102. The maximum Gasteiger partial charge on any atom is 0.446 e. The van der Waals surface area contributed by atoms with Crippen molar-refractivity contribution < 1.29 is 9.32 Å². The molecule has 0 unspecified atom stereocenters. The quantitative estimate of drug-likeness (QED) is 0.698. The lowest BCUT2D eigenvalue weighted by Crippen LogP contribution is -2.18. The zero-order chi connectivity index (χ0) is 14.0.